The van der Waals surface area contributed by atoms with Crippen molar-refractivity contribution in [2.75, 3.05) is 0 Å². The minimum Gasteiger partial charge on any atom is -0.316 e. The third-order valence-electron chi connectivity index (χ3n) is 10.5. The summed E-state index contributed by atoms with van der Waals surface area (Å²) in [5, 5.41) is 10.8. The first-order valence-electron chi connectivity index (χ1n) is 17.7. The molecule has 0 saturated heterocycles. The highest BCUT2D eigenvalue weighted by molar-refractivity contribution is 6.40. The van der Waals surface area contributed by atoms with Crippen LogP contribution in [-0.2, 0) is 0 Å². The molecular formula is C48H30N4. The van der Waals surface area contributed by atoms with Gasteiger partial charge in [-0.3, -0.25) is 4.57 Å². The van der Waals surface area contributed by atoms with Crippen LogP contribution in [0.3, 0.4) is 0 Å². The van der Waals surface area contributed by atoms with E-state index >= 15 is 0 Å². The van der Waals surface area contributed by atoms with E-state index in [1.165, 1.54) is 48.6 Å². The highest BCUT2D eigenvalue weighted by atomic mass is 15.2. The maximum atomic E-state index is 5.45. The molecule has 4 nitrogen and oxygen atoms in total. The van der Waals surface area contributed by atoms with Crippen molar-refractivity contribution in [3.63, 3.8) is 0 Å². The number of aromatic nitrogens is 4. The predicted molar refractivity (Wildman–Crippen MR) is 217 cm³/mol. The maximum absolute atomic E-state index is 5.45. The van der Waals surface area contributed by atoms with Crippen LogP contribution in [0.5, 0.6) is 0 Å². The third-order valence-corrected chi connectivity index (χ3v) is 10.5. The molecule has 0 aliphatic rings. The molecule has 3 heterocycles. The van der Waals surface area contributed by atoms with Crippen molar-refractivity contribution in [3.05, 3.63) is 182 Å². The van der Waals surface area contributed by atoms with E-state index in [9.17, 15) is 0 Å². The Morgan fingerprint density at radius 3 is 1.35 bits per heavy atom. The highest BCUT2D eigenvalue weighted by Gasteiger charge is 2.26. The Bertz CT molecular complexity index is 3100. The summed E-state index contributed by atoms with van der Waals surface area (Å²) in [7, 11) is 0. The highest BCUT2D eigenvalue weighted by Crippen LogP contribution is 2.48. The summed E-state index contributed by atoms with van der Waals surface area (Å²) in [5.74, 6) is 0.646. The van der Waals surface area contributed by atoms with E-state index in [0.717, 1.165) is 44.6 Å². The van der Waals surface area contributed by atoms with Gasteiger partial charge in [-0.25, -0.2) is 9.97 Å². The largest absolute Gasteiger partial charge is 0.316 e. The van der Waals surface area contributed by atoms with Crippen LogP contribution in [0.25, 0.3) is 99.2 Å². The third kappa shape index (κ3) is 4.15. The van der Waals surface area contributed by atoms with Gasteiger partial charge in [0, 0.05) is 55.3 Å². The number of para-hydroxylation sites is 1. The van der Waals surface area contributed by atoms with Gasteiger partial charge in [0.25, 0.3) is 0 Å². The second-order valence-corrected chi connectivity index (χ2v) is 13.4. The van der Waals surface area contributed by atoms with Gasteiger partial charge < -0.3 is 4.57 Å². The molecule has 11 rings (SSSR count). The molecule has 4 heteroatoms. The minimum absolute atomic E-state index is 0.646. The van der Waals surface area contributed by atoms with Gasteiger partial charge in [-0.15, -0.1) is 0 Å². The Balaban J connectivity index is 1.41. The molecule has 0 amide bonds. The number of nitrogens with zero attached hydrogens (tertiary/aromatic N) is 4. The van der Waals surface area contributed by atoms with Gasteiger partial charge in [0.2, 0.25) is 5.95 Å². The summed E-state index contributed by atoms with van der Waals surface area (Å²) in [6, 6.07) is 62.4. The van der Waals surface area contributed by atoms with Gasteiger partial charge in [-0.2, -0.15) is 0 Å². The second-order valence-electron chi connectivity index (χ2n) is 13.4. The molecular weight excluding hydrogens is 633 g/mol. The van der Waals surface area contributed by atoms with Crippen molar-refractivity contribution in [1.29, 1.82) is 0 Å². The molecule has 11 aromatic rings. The molecule has 0 atom stereocenters. The zero-order valence-electron chi connectivity index (χ0n) is 28.1. The molecule has 0 radical (unpaired) electrons. The fraction of sp³-hybridized carbons (Fsp3) is 0. The van der Waals surface area contributed by atoms with Crippen LogP contribution in [0.15, 0.2) is 182 Å². The minimum atomic E-state index is 0.646. The monoisotopic (exact) mass is 662 g/mol. The van der Waals surface area contributed by atoms with Crippen molar-refractivity contribution in [1.82, 2.24) is 19.1 Å². The van der Waals surface area contributed by atoms with Crippen LogP contribution in [0.4, 0.5) is 0 Å². The van der Waals surface area contributed by atoms with Gasteiger partial charge in [0.1, 0.15) is 0 Å². The smallest absolute Gasteiger partial charge is 0.235 e. The standard InChI is InChI=1S/C48H30N4/c1-4-16-31(17-5-1)41-30-42(32-18-6-2-7-19-32)50-48(49-41)52-46-37-25-13-11-23-35(37)34-22-10-12-24-36(34)43(46)44-40-28-29-51(33-20-8-3-9-21-33)45(40)38-26-14-15-27-39(38)47(44)52/h1-30H. The Hall–Kier alpha value is -7.04. The fourth-order valence-electron chi connectivity index (χ4n) is 8.32. The first-order chi connectivity index (χ1) is 25.8. The summed E-state index contributed by atoms with van der Waals surface area (Å²) in [6.07, 6.45) is 2.22. The molecule has 0 aliphatic carbocycles. The molecule has 0 fully saturated rings. The van der Waals surface area contributed by atoms with E-state index in [2.05, 4.69) is 179 Å². The van der Waals surface area contributed by atoms with Crippen molar-refractivity contribution < 1.29 is 0 Å². The summed E-state index contributed by atoms with van der Waals surface area (Å²) in [6.45, 7) is 0. The summed E-state index contributed by atoms with van der Waals surface area (Å²) in [4.78, 5) is 10.9. The molecule has 0 spiro atoms. The van der Waals surface area contributed by atoms with Crippen LogP contribution >= 0.6 is 0 Å². The van der Waals surface area contributed by atoms with E-state index in [4.69, 9.17) is 9.97 Å². The molecule has 8 aromatic carbocycles. The molecule has 242 valence electrons. The average Bonchev–Trinajstić information content (AvgIpc) is 3.83. The molecule has 0 aliphatic heterocycles. The van der Waals surface area contributed by atoms with Crippen LogP contribution in [0.2, 0.25) is 0 Å². The maximum Gasteiger partial charge on any atom is 0.235 e. The van der Waals surface area contributed by atoms with Gasteiger partial charge in [-0.1, -0.05) is 152 Å². The van der Waals surface area contributed by atoms with Crippen LogP contribution < -0.4 is 0 Å². The molecule has 0 saturated carbocycles. The molecule has 0 bridgehead atoms. The first-order valence-corrected chi connectivity index (χ1v) is 17.7. The summed E-state index contributed by atoms with van der Waals surface area (Å²) >= 11 is 0. The Morgan fingerprint density at radius 2 is 0.769 bits per heavy atom. The van der Waals surface area contributed by atoms with Crippen LogP contribution in [-0.4, -0.2) is 19.1 Å². The lowest BCUT2D eigenvalue weighted by atomic mass is 9.95. The SMILES string of the molecule is c1ccc(-c2cc(-c3ccccc3)nc(-n3c4c5ccccc5c5ccccc5c4c4c5ccn(-c6ccccc6)c5c5ccccc5c43)n2)cc1. The molecule has 0 unspecified atom stereocenters. The number of hydrogen-bond donors (Lipinski definition) is 0. The van der Waals surface area contributed by atoms with E-state index in [1.807, 2.05) is 12.1 Å². The van der Waals surface area contributed by atoms with Crippen molar-refractivity contribution in [2.45, 2.75) is 0 Å². The zero-order valence-corrected chi connectivity index (χ0v) is 28.1. The normalized spacial score (nSPS) is 11.8. The topological polar surface area (TPSA) is 35.6 Å². The lowest BCUT2D eigenvalue weighted by molar-refractivity contribution is 1.00. The van der Waals surface area contributed by atoms with E-state index < -0.39 is 0 Å². The molecule has 52 heavy (non-hydrogen) atoms. The lowest BCUT2D eigenvalue weighted by Gasteiger charge is -2.14. The summed E-state index contributed by atoms with van der Waals surface area (Å²) < 4.78 is 4.70. The van der Waals surface area contributed by atoms with E-state index in [-0.39, 0.29) is 0 Å². The number of hydrogen-bond acceptors (Lipinski definition) is 2. The molecule has 0 N–H and O–H groups in total. The Morgan fingerprint density at radius 1 is 0.346 bits per heavy atom. The summed E-state index contributed by atoms with van der Waals surface area (Å²) in [5.41, 5.74) is 8.39. The van der Waals surface area contributed by atoms with Gasteiger partial charge in [-0.05, 0) is 40.4 Å². The van der Waals surface area contributed by atoms with Crippen molar-refractivity contribution in [3.8, 4) is 34.2 Å². The Labute approximate surface area is 299 Å². The number of rotatable bonds is 4. The van der Waals surface area contributed by atoms with Gasteiger partial charge in [0.05, 0.1) is 27.9 Å². The van der Waals surface area contributed by atoms with Gasteiger partial charge in [0.15, 0.2) is 0 Å². The van der Waals surface area contributed by atoms with Crippen molar-refractivity contribution in [2.24, 2.45) is 0 Å². The fourth-order valence-corrected chi connectivity index (χ4v) is 8.32. The molecule has 3 aromatic heterocycles. The predicted octanol–water partition coefficient (Wildman–Crippen LogP) is 12.3. The van der Waals surface area contributed by atoms with Crippen molar-refractivity contribution >= 4 is 65.0 Å². The number of fused-ring (bicyclic) bond motifs is 13. The quantitative estimate of drug-likeness (QED) is 0.176. The zero-order chi connectivity index (χ0) is 34.2. The van der Waals surface area contributed by atoms with Crippen LogP contribution in [0, 0.1) is 0 Å². The number of benzene rings is 8. The second kappa shape index (κ2) is 11.2. The Kier molecular flexibility index (Phi) is 6.22. The van der Waals surface area contributed by atoms with E-state index in [0.29, 0.717) is 5.95 Å². The first kappa shape index (κ1) is 28.8. The van der Waals surface area contributed by atoms with Crippen LogP contribution in [0.1, 0.15) is 0 Å². The van der Waals surface area contributed by atoms with Gasteiger partial charge >= 0.3 is 0 Å². The average molecular weight is 663 g/mol. The van der Waals surface area contributed by atoms with E-state index in [1.54, 1.807) is 0 Å². The lowest BCUT2D eigenvalue weighted by Crippen LogP contribution is -2.05.